The lowest BCUT2D eigenvalue weighted by molar-refractivity contribution is 0.0935. The first-order valence-corrected chi connectivity index (χ1v) is 7.60. The molecule has 2 N–H and O–H groups in total. The van der Waals surface area contributed by atoms with Crippen molar-refractivity contribution in [3.63, 3.8) is 0 Å². The SMILES string of the molecule is COc1ccc(C(=O)NC(Cc2ncc[nH]2)c2ccccc2)cn1. The summed E-state index contributed by atoms with van der Waals surface area (Å²) in [5, 5.41) is 3.05. The fourth-order valence-electron chi connectivity index (χ4n) is 2.42. The summed E-state index contributed by atoms with van der Waals surface area (Å²) in [5.74, 6) is 1.10. The molecule has 0 aliphatic heterocycles. The molecule has 2 aromatic heterocycles. The van der Waals surface area contributed by atoms with Gasteiger partial charge < -0.3 is 15.0 Å². The lowest BCUT2D eigenvalue weighted by Gasteiger charge is -2.18. The molecule has 24 heavy (non-hydrogen) atoms. The minimum atomic E-state index is -0.189. The minimum Gasteiger partial charge on any atom is -0.481 e. The van der Waals surface area contributed by atoms with E-state index in [-0.39, 0.29) is 11.9 Å². The molecule has 6 heteroatoms. The van der Waals surface area contributed by atoms with Crippen LogP contribution >= 0.6 is 0 Å². The number of hydrogen-bond donors (Lipinski definition) is 2. The molecule has 0 saturated heterocycles. The number of aromatic amines is 1. The van der Waals surface area contributed by atoms with Crippen molar-refractivity contribution in [3.05, 3.63) is 78.0 Å². The number of carbonyl (C=O) groups is 1. The number of rotatable bonds is 6. The standard InChI is InChI=1S/C18H18N4O2/c1-24-17-8-7-14(12-21-17)18(23)22-15(11-16-19-9-10-20-16)13-5-3-2-4-6-13/h2-10,12,15H,11H2,1H3,(H,19,20)(H,22,23). The van der Waals surface area contributed by atoms with Gasteiger partial charge in [0.2, 0.25) is 5.88 Å². The first-order chi connectivity index (χ1) is 11.8. The maximum atomic E-state index is 12.5. The number of hydrogen-bond acceptors (Lipinski definition) is 4. The summed E-state index contributed by atoms with van der Waals surface area (Å²) < 4.78 is 5.01. The molecule has 3 rings (SSSR count). The van der Waals surface area contributed by atoms with Gasteiger partial charge in [-0.3, -0.25) is 4.79 Å². The molecule has 0 aliphatic carbocycles. The Kier molecular flexibility index (Phi) is 4.86. The summed E-state index contributed by atoms with van der Waals surface area (Å²) in [6.45, 7) is 0. The lowest BCUT2D eigenvalue weighted by Crippen LogP contribution is -2.30. The third kappa shape index (κ3) is 3.78. The number of amides is 1. The molecular formula is C18H18N4O2. The fourth-order valence-corrected chi connectivity index (χ4v) is 2.42. The van der Waals surface area contributed by atoms with Crippen molar-refractivity contribution < 1.29 is 9.53 Å². The Morgan fingerprint density at radius 1 is 1.21 bits per heavy atom. The Hall–Kier alpha value is -3.15. The molecule has 0 aliphatic rings. The average Bonchev–Trinajstić information content (AvgIpc) is 3.15. The van der Waals surface area contributed by atoms with Gasteiger partial charge in [0.05, 0.1) is 18.7 Å². The molecule has 122 valence electrons. The van der Waals surface area contributed by atoms with Crippen molar-refractivity contribution >= 4 is 5.91 Å². The summed E-state index contributed by atoms with van der Waals surface area (Å²) in [6.07, 6.45) is 5.55. The van der Waals surface area contributed by atoms with Crippen molar-refractivity contribution in [1.82, 2.24) is 20.3 Å². The van der Waals surface area contributed by atoms with Gasteiger partial charge in [0.25, 0.3) is 5.91 Å². The van der Waals surface area contributed by atoms with E-state index in [4.69, 9.17) is 4.74 Å². The van der Waals surface area contributed by atoms with E-state index in [1.165, 1.54) is 13.3 Å². The van der Waals surface area contributed by atoms with E-state index in [0.717, 1.165) is 11.4 Å². The van der Waals surface area contributed by atoms with E-state index < -0.39 is 0 Å². The van der Waals surface area contributed by atoms with E-state index in [9.17, 15) is 4.79 Å². The second kappa shape index (κ2) is 7.41. The highest BCUT2D eigenvalue weighted by atomic mass is 16.5. The maximum absolute atomic E-state index is 12.5. The van der Waals surface area contributed by atoms with Crippen LogP contribution in [0.15, 0.2) is 61.1 Å². The number of H-pyrrole nitrogens is 1. The van der Waals surface area contributed by atoms with Gasteiger partial charge in [0.1, 0.15) is 5.82 Å². The molecule has 0 spiro atoms. The quantitative estimate of drug-likeness (QED) is 0.731. The van der Waals surface area contributed by atoms with Crippen LogP contribution in [0.2, 0.25) is 0 Å². The van der Waals surface area contributed by atoms with Crippen LogP contribution in [0.3, 0.4) is 0 Å². The lowest BCUT2D eigenvalue weighted by atomic mass is 10.0. The van der Waals surface area contributed by atoms with Gasteiger partial charge in [-0.1, -0.05) is 30.3 Å². The monoisotopic (exact) mass is 322 g/mol. The number of benzene rings is 1. The topological polar surface area (TPSA) is 79.9 Å². The molecule has 2 heterocycles. The van der Waals surface area contributed by atoms with Crippen LogP contribution in [-0.4, -0.2) is 28.0 Å². The van der Waals surface area contributed by atoms with Crippen LogP contribution in [-0.2, 0) is 6.42 Å². The largest absolute Gasteiger partial charge is 0.481 e. The Morgan fingerprint density at radius 3 is 2.67 bits per heavy atom. The molecule has 1 amide bonds. The van der Waals surface area contributed by atoms with Crippen LogP contribution < -0.4 is 10.1 Å². The summed E-state index contributed by atoms with van der Waals surface area (Å²) in [7, 11) is 1.54. The van der Waals surface area contributed by atoms with Crippen molar-refractivity contribution in [2.24, 2.45) is 0 Å². The first-order valence-electron chi connectivity index (χ1n) is 7.60. The number of pyridine rings is 1. The number of carbonyl (C=O) groups excluding carboxylic acids is 1. The third-order valence-electron chi connectivity index (χ3n) is 3.67. The molecule has 1 atom stereocenters. The molecular weight excluding hydrogens is 304 g/mol. The van der Waals surface area contributed by atoms with Crippen molar-refractivity contribution in [3.8, 4) is 5.88 Å². The average molecular weight is 322 g/mol. The predicted molar refractivity (Wildman–Crippen MR) is 89.7 cm³/mol. The van der Waals surface area contributed by atoms with Crippen LogP contribution in [0.1, 0.15) is 27.8 Å². The Morgan fingerprint density at radius 2 is 2.04 bits per heavy atom. The fraction of sp³-hybridized carbons (Fsp3) is 0.167. The second-order valence-corrected chi connectivity index (χ2v) is 5.27. The molecule has 0 bridgehead atoms. The minimum absolute atomic E-state index is 0.188. The van der Waals surface area contributed by atoms with E-state index >= 15 is 0 Å². The number of aromatic nitrogens is 3. The molecule has 3 aromatic rings. The molecule has 0 radical (unpaired) electrons. The number of imidazole rings is 1. The van der Waals surface area contributed by atoms with Crippen molar-refractivity contribution in [1.29, 1.82) is 0 Å². The van der Waals surface area contributed by atoms with Gasteiger partial charge in [-0.05, 0) is 11.6 Å². The molecule has 1 unspecified atom stereocenters. The van der Waals surface area contributed by atoms with Crippen LogP contribution in [0, 0.1) is 0 Å². The highest BCUT2D eigenvalue weighted by molar-refractivity contribution is 5.94. The molecule has 6 nitrogen and oxygen atoms in total. The van der Waals surface area contributed by atoms with Crippen LogP contribution in [0.4, 0.5) is 0 Å². The molecule has 0 saturated carbocycles. The van der Waals surface area contributed by atoms with Crippen LogP contribution in [0.5, 0.6) is 5.88 Å². The van der Waals surface area contributed by atoms with E-state index in [2.05, 4.69) is 20.3 Å². The van der Waals surface area contributed by atoms with Gasteiger partial charge >= 0.3 is 0 Å². The maximum Gasteiger partial charge on any atom is 0.253 e. The summed E-state index contributed by atoms with van der Waals surface area (Å²) in [4.78, 5) is 23.9. The highest BCUT2D eigenvalue weighted by Gasteiger charge is 2.17. The van der Waals surface area contributed by atoms with E-state index in [1.807, 2.05) is 30.3 Å². The van der Waals surface area contributed by atoms with Gasteiger partial charge in [0.15, 0.2) is 0 Å². The zero-order valence-corrected chi connectivity index (χ0v) is 13.3. The highest BCUT2D eigenvalue weighted by Crippen LogP contribution is 2.18. The smallest absolute Gasteiger partial charge is 0.253 e. The zero-order valence-electron chi connectivity index (χ0n) is 13.3. The summed E-state index contributed by atoms with van der Waals surface area (Å²) in [6, 6.07) is 13.0. The predicted octanol–water partition coefficient (Wildman–Crippen LogP) is 2.53. The van der Waals surface area contributed by atoms with Gasteiger partial charge in [-0.25, -0.2) is 9.97 Å². The molecule has 1 aromatic carbocycles. The third-order valence-corrected chi connectivity index (χ3v) is 3.67. The Balaban J connectivity index is 1.78. The second-order valence-electron chi connectivity index (χ2n) is 5.27. The number of ether oxygens (including phenoxy) is 1. The van der Waals surface area contributed by atoms with Crippen molar-refractivity contribution in [2.45, 2.75) is 12.5 Å². The summed E-state index contributed by atoms with van der Waals surface area (Å²) >= 11 is 0. The normalized spacial score (nSPS) is 11.7. The first kappa shape index (κ1) is 15.7. The van der Waals surface area contributed by atoms with E-state index in [1.54, 1.807) is 24.5 Å². The van der Waals surface area contributed by atoms with Gasteiger partial charge in [-0.15, -0.1) is 0 Å². The van der Waals surface area contributed by atoms with E-state index in [0.29, 0.717) is 17.9 Å². The van der Waals surface area contributed by atoms with Crippen molar-refractivity contribution in [2.75, 3.05) is 7.11 Å². The van der Waals surface area contributed by atoms with Gasteiger partial charge in [-0.2, -0.15) is 0 Å². The van der Waals surface area contributed by atoms with Gasteiger partial charge in [0, 0.05) is 31.1 Å². The number of nitrogens with zero attached hydrogens (tertiary/aromatic N) is 2. The van der Waals surface area contributed by atoms with Crippen LogP contribution in [0.25, 0.3) is 0 Å². The number of methoxy groups -OCH3 is 1. The Bertz CT molecular complexity index is 771. The molecule has 0 fully saturated rings. The number of nitrogens with one attached hydrogen (secondary N) is 2. The summed E-state index contributed by atoms with van der Waals surface area (Å²) in [5.41, 5.74) is 1.50. The Labute approximate surface area is 139 Å². The zero-order chi connectivity index (χ0) is 16.8.